The molecule has 19 heavy (non-hydrogen) atoms. The molecule has 0 saturated carbocycles. The standard InChI is InChI=1S/C15H20ClNO2/c1-11-8-13(5-6-14(18)9-16)12(2)17(11)10-15-4-3-7-19-15/h5-6,8,15H,3-4,7,9-10H2,1-2H3/b6-5+. The average Bonchev–Trinajstić information content (AvgIpc) is 3.00. The van der Waals surface area contributed by atoms with Crippen molar-refractivity contribution in [3.63, 3.8) is 0 Å². The topological polar surface area (TPSA) is 31.2 Å². The number of nitrogens with zero attached hydrogens (tertiary/aromatic N) is 1. The minimum atomic E-state index is -0.0643. The van der Waals surface area contributed by atoms with Gasteiger partial charge >= 0.3 is 0 Å². The van der Waals surface area contributed by atoms with Crippen molar-refractivity contribution in [2.75, 3.05) is 12.5 Å². The van der Waals surface area contributed by atoms with E-state index in [1.54, 1.807) is 6.08 Å². The van der Waals surface area contributed by atoms with Gasteiger partial charge in [-0.1, -0.05) is 0 Å². The molecule has 1 aliphatic rings. The van der Waals surface area contributed by atoms with E-state index in [1.165, 1.54) is 11.4 Å². The summed E-state index contributed by atoms with van der Waals surface area (Å²) >= 11 is 5.49. The lowest BCUT2D eigenvalue weighted by molar-refractivity contribution is -0.112. The van der Waals surface area contributed by atoms with Crippen LogP contribution in [0.4, 0.5) is 0 Å². The van der Waals surface area contributed by atoms with E-state index in [4.69, 9.17) is 16.3 Å². The summed E-state index contributed by atoms with van der Waals surface area (Å²) < 4.78 is 7.95. The van der Waals surface area contributed by atoms with Gasteiger partial charge in [0.1, 0.15) is 0 Å². The molecule has 1 unspecified atom stereocenters. The number of aryl methyl sites for hydroxylation is 1. The summed E-state index contributed by atoms with van der Waals surface area (Å²) in [4.78, 5) is 11.2. The Morgan fingerprint density at radius 1 is 1.58 bits per heavy atom. The predicted octanol–water partition coefficient (Wildman–Crippen LogP) is 3.11. The van der Waals surface area contributed by atoms with E-state index in [2.05, 4.69) is 24.5 Å². The number of rotatable bonds is 5. The molecule has 0 radical (unpaired) electrons. The van der Waals surface area contributed by atoms with Gasteiger partial charge in [-0.05, 0) is 50.5 Å². The third-order valence-corrected chi connectivity index (χ3v) is 3.87. The van der Waals surface area contributed by atoms with Crippen LogP contribution in [0.3, 0.4) is 0 Å². The van der Waals surface area contributed by atoms with E-state index in [0.717, 1.165) is 31.6 Å². The lowest BCUT2D eigenvalue weighted by Gasteiger charge is -2.14. The number of hydrogen-bond acceptors (Lipinski definition) is 2. The summed E-state index contributed by atoms with van der Waals surface area (Å²) in [7, 11) is 0. The minimum absolute atomic E-state index is 0.0329. The molecule has 0 spiro atoms. The molecule has 0 amide bonds. The summed E-state index contributed by atoms with van der Waals surface area (Å²) in [5, 5.41) is 0. The number of hydrogen-bond donors (Lipinski definition) is 0. The second-order valence-electron chi connectivity index (χ2n) is 5.01. The highest BCUT2D eigenvalue weighted by Gasteiger charge is 2.18. The molecule has 104 valence electrons. The second kappa shape index (κ2) is 6.40. The third-order valence-electron chi connectivity index (χ3n) is 3.60. The van der Waals surface area contributed by atoms with E-state index < -0.39 is 0 Å². The zero-order valence-electron chi connectivity index (χ0n) is 11.5. The van der Waals surface area contributed by atoms with Gasteiger partial charge in [-0.3, -0.25) is 4.79 Å². The van der Waals surface area contributed by atoms with Crippen LogP contribution in [-0.4, -0.2) is 28.9 Å². The molecule has 0 aliphatic carbocycles. The Labute approximate surface area is 119 Å². The lowest BCUT2D eigenvalue weighted by atomic mass is 10.2. The van der Waals surface area contributed by atoms with Crippen LogP contribution in [0, 0.1) is 13.8 Å². The quantitative estimate of drug-likeness (QED) is 0.613. The molecule has 4 heteroatoms. The third kappa shape index (κ3) is 3.48. The van der Waals surface area contributed by atoms with Crippen LogP contribution in [0.2, 0.25) is 0 Å². The first kappa shape index (κ1) is 14.4. The van der Waals surface area contributed by atoms with Gasteiger partial charge < -0.3 is 9.30 Å². The largest absolute Gasteiger partial charge is 0.376 e. The van der Waals surface area contributed by atoms with Crippen LogP contribution in [0.5, 0.6) is 0 Å². The maximum Gasteiger partial charge on any atom is 0.170 e. The fourth-order valence-electron chi connectivity index (χ4n) is 2.50. The fourth-order valence-corrected chi connectivity index (χ4v) is 2.59. The number of ketones is 1. The van der Waals surface area contributed by atoms with Gasteiger partial charge in [0, 0.05) is 24.5 Å². The van der Waals surface area contributed by atoms with Crippen molar-refractivity contribution in [2.45, 2.75) is 39.3 Å². The maximum absolute atomic E-state index is 11.2. The highest BCUT2D eigenvalue weighted by atomic mass is 35.5. The van der Waals surface area contributed by atoms with Gasteiger partial charge in [0.05, 0.1) is 12.0 Å². The Morgan fingerprint density at radius 3 is 3.00 bits per heavy atom. The first-order valence-electron chi connectivity index (χ1n) is 6.67. The highest BCUT2D eigenvalue weighted by molar-refractivity contribution is 6.29. The number of halogens is 1. The van der Waals surface area contributed by atoms with Crippen molar-refractivity contribution in [1.82, 2.24) is 4.57 Å². The van der Waals surface area contributed by atoms with Gasteiger partial charge in [0.2, 0.25) is 0 Å². The van der Waals surface area contributed by atoms with Crippen LogP contribution in [0.25, 0.3) is 6.08 Å². The van der Waals surface area contributed by atoms with Crippen LogP contribution < -0.4 is 0 Å². The summed E-state index contributed by atoms with van der Waals surface area (Å²) in [5.74, 6) is -0.0314. The molecule has 0 aromatic carbocycles. The zero-order valence-corrected chi connectivity index (χ0v) is 12.2. The van der Waals surface area contributed by atoms with Crippen LogP contribution in [0.15, 0.2) is 12.1 Å². The summed E-state index contributed by atoms with van der Waals surface area (Å²) in [6, 6.07) is 2.10. The van der Waals surface area contributed by atoms with E-state index in [-0.39, 0.29) is 11.7 Å². The smallest absolute Gasteiger partial charge is 0.170 e. The summed E-state index contributed by atoms with van der Waals surface area (Å²) in [6.07, 6.45) is 6.00. The Hall–Kier alpha value is -1.06. The number of aromatic nitrogens is 1. The summed E-state index contributed by atoms with van der Waals surface area (Å²) in [6.45, 7) is 5.94. The van der Waals surface area contributed by atoms with Crippen molar-refractivity contribution >= 4 is 23.5 Å². The van der Waals surface area contributed by atoms with E-state index in [9.17, 15) is 4.79 Å². The van der Waals surface area contributed by atoms with Crippen molar-refractivity contribution in [3.05, 3.63) is 29.1 Å². The molecule has 2 heterocycles. The Morgan fingerprint density at radius 2 is 2.37 bits per heavy atom. The van der Waals surface area contributed by atoms with Crippen LogP contribution >= 0.6 is 11.6 Å². The van der Waals surface area contributed by atoms with Crippen molar-refractivity contribution in [3.8, 4) is 0 Å². The highest BCUT2D eigenvalue weighted by Crippen LogP contribution is 2.21. The fraction of sp³-hybridized carbons (Fsp3) is 0.533. The van der Waals surface area contributed by atoms with Gasteiger partial charge in [-0.15, -0.1) is 11.6 Å². The molecule has 1 aromatic heterocycles. The number of alkyl halides is 1. The van der Waals surface area contributed by atoms with Gasteiger partial charge in [0.25, 0.3) is 0 Å². The molecule has 0 bridgehead atoms. The Bertz CT molecular complexity index is 485. The van der Waals surface area contributed by atoms with Crippen LogP contribution in [0.1, 0.15) is 29.8 Å². The number of ether oxygens (including phenoxy) is 1. The zero-order chi connectivity index (χ0) is 13.8. The molecule has 3 nitrogen and oxygen atoms in total. The molecular formula is C15H20ClNO2. The lowest BCUT2D eigenvalue weighted by Crippen LogP contribution is -2.16. The first-order chi connectivity index (χ1) is 9.11. The van der Waals surface area contributed by atoms with Gasteiger partial charge in [0.15, 0.2) is 5.78 Å². The number of carbonyl (C=O) groups excluding carboxylic acids is 1. The van der Waals surface area contributed by atoms with E-state index in [1.807, 2.05) is 6.08 Å². The SMILES string of the molecule is Cc1cc(/C=C/C(=O)CCl)c(C)n1CC1CCCO1. The molecule has 1 aliphatic heterocycles. The Kier molecular flexibility index (Phi) is 4.83. The van der Waals surface area contributed by atoms with E-state index >= 15 is 0 Å². The Balaban J connectivity index is 2.14. The summed E-state index contributed by atoms with van der Waals surface area (Å²) in [5.41, 5.74) is 3.45. The monoisotopic (exact) mass is 281 g/mol. The maximum atomic E-state index is 11.2. The van der Waals surface area contributed by atoms with E-state index in [0.29, 0.717) is 6.10 Å². The molecule has 1 saturated heterocycles. The van der Waals surface area contributed by atoms with Crippen molar-refractivity contribution in [1.29, 1.82) is 0 Å². The number of allylic oxidation sites excluding steroid dienone is 1. The van der Waals surface area contributed by atoms with Gasteiger partial charge in [-0.2, -0.15) is 0 Å². The first-order valence-corrected chi connectivity index (χ1v) is 7.20. The normalized spacial score (nSPS) is 19.4. The van der Waals surface area contributed by atoms with Crippen molar-refractivity contribution < 1.29 is 9.53 Å². The molecule has 1 fully saturated rings. The minimum Gasteiger partial charge on any atom is -0.376 e. The van der Waals surface area contributed by atoms with Crippen molar-refractivity contribution in [2.24, 2.45) is 0 Å². The molecule has 2 rings (SSSR count). The molecule has 1 atom stereocenters. The predicted molar refractivity (Wildman–Crippen MR) is 77.6 cm³/mol. The van der Waals surface area contributed by atoms with Gasteiger partial charge in [-0.25, -0.2) is 0 Å². The molecular weight excluding hydrogens is 262 g/mol. The second-order valence-corrected chi connectivity index (χ2v) is 5.27. The average molecular weight is 282 g/mol. The number of carbonyl (C=O) groups is 1. The molecule has 1 aromatic rings. The van der Waals surface area contributed by atoms with Crippen LogP contribution in [-0.2, 0) is 16.1 Å². The molecule has 0 N–H and O–H groups in total.